The van der Waals surface area contributed by atoms with Crippen molar-refractivity contribution in [2.45, 2.75) is 19.4 Å². The van der Waals surface area contributed by atoms with Gasteiger partial charge in [-0.1, -0.05) is 18.2 Å². The summed E-state index contributed by atoms with van der Waals surface area (Å²) in [5, 5.41) is 14.5. The molecule has 1 N–H and O–H groups in total. The van der Waals surface area contributed by atoms with Crippen LogP contribution in [0.5, 0.6) is 0 Å². The number of carboxylic acid groups (broad SMARTS) is 1. The number of hydrogen-bond acceptors (Lipinski definition) is 3. The van der Waals surface area contributed by atoms with E-state index in [-0.39, 0.29) is 0 Å². The van der Waals surface area contributed by atoms with Crippen molar-refractivity contribution >= 4 is 16.9 Å². The third-order valence-electron chi connectivity index (χ3n) is 3.62. The summed E-state index contributed by atoms with van der Waals surface area (Å²) in [4.78, 5) is 11.5. The Morgan fingerprint density at radius 2 is 2.11 bits per heavy atom. The van der Waals surface area contributed by atoms with Crippen molar-refractivity contribution in [3.05, 3.63) is 30.0 Å². The Balaban J connectivity index is 1.97. The molecule has 1 aromatic heterocycles. The largest absolute Gasteiger partial charge is 0.477 e. The van der Waals surface area contributed by atoms with E-state index in [1.807, 2.05) is 24.3 Å². The van der Waals surface area contributed by atoms with Gasteiger partial charge in [-0.2, -0.15) is 5.10 Å². The van der Waals surface area contributed by atoms with Crippen LogP contribution in [-0.4, -0.2) is 34.1 Å². The molecular formula is C14H16N2O3. The van der Waals surface area contributed by atoms with Crippen molar-refractivity contribution in [1.82, 2.24) is 9.78 Å². The lowest BCUT2D eigenvalue weighted by Crippen LogP contribution is -2.22. The molecule has 0 aliphatic carbocycles. The third-order valence-corrected chi connectivity index (χ3v) is 3.62. The SMILES string of the molecule is O=C(O)c1c2ccccc2nn1CC1CCOCC1. The molecule has 0 saturated carbocycles. The number of aromatic nitrogens is 2. The van der Waals surface area contributed by atoms with E-state index in [0.717, 1.165) is 31.6 Å². The van der Waals surface area contributed by atoms with Crippen molar-refractivity contribution in [1.29, 1.82) is 0 Å². The Kier molecular flexibility index (Phi) is 3.21. The maximum atomic E-state index is 11.5. The lowest BCUT2D eigenvalue weighted by Gasteiger charge is -2.22. The van der Waals surface area contributed by atoms with E-state index in [4.69, 9.17) is 4.74 Å². The zero-order chi connectivity index (χ0) is 13.2. The van der Waals surface area contributed by atoms with Gasteiger partial charge >= 0.3 is 5.97 Å². The molecule has 5 heteroatoms. The van der Waals surface area contributed by atoms with Gasteiger partial charge in [-0.3, -0.25) is 4.68 Å². The molecule has 0 bridgehead atoms. The number of carboxylic acids is 1. The van der Waals surface area contributed by atoms with Crippen molar-refractivity contribution in [3.8, 4) is 0 Å². The molecule has 2 heterocycles. The summed E-state index contributed by atoms with van der Waals surface area (Å²) in [5.41, 5.74) is 1.04. The van der Waals surface area contributed by atoms with E-state index < -0.39 is 5.97 Å². The van der Waals surface area contributed by atoms with Gasteiger partial charge in [0.05, 0.1) is 5.52 Å². The van der Waals surface area contributed by atoms with E-state index >= 15 is 0 Å². The molecule has 1 aromatic carbocycles. The molecule has 1 aliphatic rings. The highest BCUT2D eigenvalue weighted by atomic mass is 16.5. The number of hydrogen-bond donors (Lipinski definition) is 1. The number of nitrogens with zero attached hydrogens (tertiary/aromatic N) is 2. The molecule has 0 amide bonds. The molecule has 3 rings (SSSR count). The number of rotatable bonds is 3. The van der Waals surface area contributed by atoms with Crippen LogP contribution in [0.1, 0.15) is 23.3 Å². The fourth-order valence-corrected chi connectivity index (χ4v) is 2.61. The number of carbonyl (C=O) groups is 1. The topological polar surface area (TPSA) is 64.3 Å². The minimum absolute atomic E-state index is 0.294. The second-order valence-corrected chi connectivity index (χ2v) is 4.91. The van der Waals surface area contributed by atoms with Gasteiger partial charge in [-0.05, 0) is 24.8 Å². The van der Waals surface area contributed by atoms with Gasteiger partial charge in [0.1, 0.15) is 0 Å². The highest BCUT2D eigenvalue weighted by molar-refractivity contribution is 6.01. The first-order chi connectivity index (χ1) is 9.25. The zero-order valence-electron chi connectivity index (χ0n) is 10.6. The Morgan fingerprint density at radius 1 is 1.37 bits per heavy atom. The molecule has 0 spiro atoms. The Hall–Kier alpha value is -1.88. The fourth-order valence-electron chi connectivity index (χ4n) is 2.61. The average molecular weight is 260 g/mol. The van der Waals surface area contributed by atoms with Crippen LogP contribution < -0.4 is 0 Å². The third kappa shape index (κ3) is 2.33. The predicted octanol–water partition coefficient (Wildman–Crippen LogP) is 2.16. The maximum absolute atomic E-state index is 11.5. The quantitative estimate of drug-likeness (QED) is 0.918. The average Bonchev–Trinajstić information content (AvgIpc) is 2.77. The van der Waals surface area contributed by atoms with Gasteiger partial charge in [-0.15, -0.1) is 0 Å². The van der Waals surface area contributed by atoms with E-state index in [0.29, 0.717) is 23.5 Å². The van der Waals surface area contributed by atoms with Crippen LogP contribution in [0.3, 0.4) is 0 Å². The summed E-state index contributed by atoms with van der Waals surface area (Å²) in [6.07, 6.45) is 1.94. The first-order valence-electron chi connectivity index (χ1n) is 6.52. The van der Waals surface area contributed by atoms with Gasteiger partial charge in [0, 0.05) is 25.1 Å². The standard InChI is InChI=1S/C14H16N2O3/c17-14(18)13-11-3-1-2-4-12(11)15-16(13)9-10-5-7-19-8-6-10/h1-4,10H,5-9H2,(H,17,18). The molecule has 0 unspecified atom stereocenters. The van der Waals surface area contributed by atoms with Crippen molar-refractivity contribution in [3.63, 3.8) is 0 Å². The fraction of sp³-hybridized carbons (Fsp3) is 0.429. The van der Waals surface area contributed by atoms with Crippen molar-refractivity contribution in [2.24, 2.45) is 5.92 Å². The van der Waals surface area contributed by atoms with Gasteiger partial charge in [0.2, 0.25) is 0 Å². The lowest BCUT2D eigenvalue weighted by molar-refractivity contribution is 0.0581. The van der Waals surface area contributed by atoms with Crippen LogP contribution in [-0.2, 0) is 11.3 Å². The van der Waals surface area contributed by atoms with Crippen molar-refractivity contribution < 1.29 is 14.6 Å². The molecule has 19 heavy (non-hydrogen) atoms. The Bertz CT molecular complexity index is 600. The van der Waals surface area contributed by atoms with Gasteiger partial charge < -0.3 is 9.84 Å². The smallest absolute Gasteiger partial charge is 0.354 e. The second-order valence-electron chi connectivity index (χ2n) is 4.91. The molecule has 0 atom stereocenters. The molecule has 0 radical (unpaired) electrons. The molecule has 2 aromatic rings. The summed E-state index contributed by atoms with van der Waals surface area (Å²) in [6.45, 7) is 2.17. The minimum Gasteiger partial charge on any atom is -0.477 e. The summed E-state index contributed by atoms with van der Waals surface area (Å²) in [5.74, 6) is -0.470. The van der Waals surface area contributed by atoms with E-state index in [9.17, 15) is 9.90 Å². The number of benzene rings is 1. The number of ether oxygens (including phenoxy) is 1. The highest BCUT2D eigenvalue weighted by Gasteiger charge is 2.21. The summed E-state index contributed by atoms with van der Waals surface area (Å²) >= 11 is 0. The van der Waals surface area contributed by atoms with E-state index in [1.54, 1.807) is 4.68 Å². The maximum Gasteiger partial charge on any atom is 0.354 e. The first kappa shape index (κ1) is 12.2. The summed E-state index contributed by atoms with van der Waals surface area (Å²) < 4.78 is 6.97. The van der Waals surface area contributed by atoms with Crippen LogP contribution in [0.2, 0.25) is 0 Å². The van der Waals surface area contributed by atoms with Gasteiger partial charge in [0.15, 0.2) is 5.69 Å². The molecule has 1 aliphatic heterocycles. The number of fused-ring (bicyclic) bond motifs is 1. The van der Waals surface area contributed by atoms with Gasteiger partial charge in [0.25, 0.3) is 0 Å². The molecule has 1 saturated heterocycles. The van der Waals surface area contributed by atoms with Crippen LogP contribution >= 0.6 is 0 Å². The highest BCUT2D eigenvalue weighted by Crippen LogP contribution is 2.22. The predicted molar refractivity (Wildman–Crippen MR) is 70.2 cm³/mol. The molecule has 1 fully saturated rings. The van der Waals surface area contributed by atoms with Crippen LogP contribution in [0.15, 0.2) is 24.3 Å². The van der Waals surface area contributed by atoms with Crippen LogP contribution in [0, 0.1) is 5.92 Å². The van der Waals surface area contributed by atoms with Gasteiger partial charge in [-0.25, -0.2) is 4.79 Å². The van der Waals surface area contributed by atoms with Crippen molar-refractivity contribution in [2.75, 3.05) is 13.2 Å². The van der Waals surface area contributed by atoms with Crippen LogP contribution in [0.4, 0.5) is 0 Å². The molecular weight excluding hydrogens is 244 g/mol. The summed E-state index contributed by atoms with van der Waals surface area (Å²) in [7, 11) is 0. The molecule has 100 valence electrons. The van der Waals surface area contributed by atoms with E-state index in [2.05, 4.69) is 5.10 Å². The zero-order valence-corrected chi connectivity index (χ0v) is 10.6. The lowest BCUT2D eigenvalue weighted by atomic mass is 10.0. The minimum atomic E-state index is -0.916. The first-order valence-corrected chi connectivity index (χ1v) is 6.52. The summed E-state index contributed by atoms with van der Waals surface area (Å²) in [6, 6.07) is 7.38. The second kappa shape index (κ2) is 5.01. The Morgan fingerprint density at radius 3 is 2.84 bits per heavy atom. The Labute approximate surface area is 110 Å². The normalized spacial score (nSPS) is 16.8. The monoisotopic (exact) mass is 260 g/mol. The number of aromatic carboxylic acids is 1. The van der Waals surface area contributed by atoms with E-state index in [1.165, 1.54) is 0 Å². The van der Waals surface area contributed by atoms with Crippen LogP contribution in [0.25, 0.3) is 10.9 Å². The molecule has 5 nitrogen and oxygen atoms in total.